The predicted octanol–water partition coefficient (Wildman–Crippen LogP) is 5.00. The van der Waals surface area contributed by atoms with E-state index in [0.29, 0.717) is 47.0 Å². The van der Waals surface area contributed by atoms with Crippen molar-refractivity contribution in [3.05, 3.63) is 39.6 Å². The quantitative estimate of drug-likeness (QED) is 0.405. The lowest BCUT2D eigenvalue weighted by Gasteiger charge is -2.28. The average molecular weight is 526 g/mol. The highest BCUT2D eigenvalue weighted by molar-refractivity contribution is 7.14. The molecule has 5 N–H and O–H groups in total. The Morgan fingerprint density at radius 1 is 1.08 bits per heavy atom. The molecule has 0 saturated heterocycles. The smallest absolute Gasteiger partial charge is 0.335 e. The number of amides is 2. The Bertz CT molecular complexity index is 1200. The van der Waals surface area contributed by atoms with Crippen molar-refractivity contribution in [2.75, 3.05) is 11.9 Å². The molecule has 1 aromatic carbocycles. The first kappa shape index (κ1) is 27.0. The van der Waals surface area contributed by atoms with E-state index in [2.05, 4.69) is 10.6 Å². The van der Waals surface area contributed by atoms with Crippen LogP contribution in [0.4, 0.5) is 5.69 Å². The Balaban J connectivity index is 1.74. The number of carboxylic acids is 1. The van der Waals surface area contributed by atoms with Crippen LogP contribution in [0.25, 0.3) is 11.1 Å². The summed E-state index contributed by atoms with van der Waals surface area (Å²) >= 11 is 1.33. The second kappa shape index (κ2) is 11.6. The van der Waals surface area contributed by atoms with Crippen LogP contribution in [0.5, 0.6) is 0 Å². The van der Waals surface area contributed by atoms with Crippen LogP contribution in [-0.4, -0.2) is 35.2 Å². The maximum Gasteiger partial charge on any atom is 0.335 e. The molecule has 0 unspecified atom stereocenters. The van der Waals surface area contributed by atoms with E-state index in [0.717, 1.165) is 37.0 Å². The fraction of sp³-hybridized carbons (Fsp3) is 0.500. The Morgan fingerprint density at radius 2 is 1.81 bits per heavy atom. The SMILES string of the molecule is CC(=O)c1sc2cc1-c1cc(C(=O)O)ccc1NC(=O)[C@H](C)CCC[C@@H]2NC(=O)C1CCC(CN)CC1. The van der Waals surface area contributed by atoms with Crippen molar-refractivity contribution >= 4 is 40.6 Å². The minimum absolute atomic E-state index is 0.0197. The van der Waals surface area contributed by atoms with Gasteiger partial charge in [-0.25, -0.2) is 4.79 Å². The predicted molar refractivity (Wildman–Crippen MR) is 144 cm³/mol. The number of rotatable bonds is 5. The summed E-state index contributed by atoms with van der Waals surface area (Å²) in [6, 6.07) is 6.10. The number of aromatic carboxylic acids is 1. The number of anilines is 1. The molecular weight excluding hydrogens is 490 g/mol. The van der Waals surface area contributed by atoms with Crippen LogP contribution in [0.1, 0.15) is 89.7 Å². The molecule has 2 heterocycles. The second-order valence-electron chi connectivity index (χ2n) is 10.3. The zero-order chi connectivity index (χ0) is 26.7. The number of nitrogens with one attached hydrogen (secondary N) is 2. The molecule has 4 rings (SSSR count). The Morgan fingerprint density at radius 3 is 2.46 bits per heavy atom. The van der Waals surface area contributed by atoms with Gasteiger partial charge in [-0.2, -0.15) is 0 Å². The van der Waals surface area contributed by atoms with Crippen molar-refractivity contribution in [3.8, 4) is 11.1 Å². The summed E-state index contributed by atoms with van der Waals surface area (Å²) in [6.07, 6.45) is 5.54. The highest BCUT2D eigenvalue weighted by atomic mass is 32.1. The molecule has 198 valence electrons. The number of nitrogens with two attached hydrogens (primary N) is 1. The number of fused-ring (bicyclic) bond motifs is 4. The lowest BCUT2D eigenvalue weighted by molar-refractivity contribution is -0.127. The maximum absolute atomic E-state index is 13.3. The molecule has 2 aliphatic rings. The summed E-state index contributed by atoms with van der Waals surface area (Å²) in [5.41, 5.74) is 7.40. The van der Waals surface area contributed by atoms with Gasteiger partial charge in [0.2, 0.25) is 11.8 Å². The monoisotopic (exact) mass is 525 g/mol. The Kier molecular flexibility index (Phi) is 8.44. The van der Waals surface area contributed by atoms with Crippen LogP contribution in [0.2, 0.25) is 0 Å². The zero-order valence-electron chi connectivity index (χ0n) is 21.3. The fourth-order valence-electron chi connectivity index (χ4n) is 5.30. The van der Waals surface area contributed by atoms with Gasteiger partial charge < -0.3 is 21.5 Å². The van der Waals surface area contributed by atoms with Gasteiger partial charge >= 0.3 is 5.97 Å². The highest BCUT2D eigenvalue weighted by Crippen LogP contribution is 2.41. The molecule has 9 heteroatoms. The largest absolute Gasteiger partial charge is 0.478 e. The van der Waals surface area contributed by atoms with Crippen LogP contribution in [-0.2, 0) is 9.59 Å². The van der Waals surface area contributed by atoms with Crippen LogP contribution in [0.3, 0.4) is 0 Å². The third-order valence-electron chi connectivity index (χ3n) is 7.67. The van der Waals surface area contributed by atoms with Gasteiger partial charge in [-0.3, -0.25) is 14.4 Å². The fourth-order valence-corrected chi connectivity index (χ4v) is 6.46. The van der Waals surface area contributed by atoms with Gasteiger partial charge in [0.1, 0.15) is 0 Å². The number of hydrogen-bond donors (Lipinski definition) is 4. The van der Waals surface area contributed by atoms with Crippen LogP contribution < -0.4 is 16.4 Å². The van der Waals surface area contributed by atoms with Gasteiger partial charge in [-0.05, 0) is 82.2 Å². The molecule has 1 saturated carbocycles. The number of hydrogen-bond acceptors (Lipinski definition) is 6. The van der Waals surface area contributed by atoms with Crippen molar-refractivity contribution in [3.63, 3.8) is 0 Å². The molecule has 8 nitrogen and oxygen atoms in total. The van der Waals surface area contributed by atoms with Crippen molar-refractivity contribution in [1.82, 2.24) is 5.32 Å². The number of benzene rings is 1. The summed E-state index contributed by atoms with van der Waals surface area (Å²) in [4.78, 5) is 52.0. The molecular formula is C28H35N3O5S. The van der Waals surface area contributed by atoms with Crippen LogP contribution in [0.15, 0.2) is 24.3 Å². The Hall–Kier alpha value is -3.04. The highest BCUT2D eigenvalue weighted by Gasteiger charge is 2.30. The molecule has 1 aliphatic heterocycles. The average Bonchev–Trinajstić information content (AvgIpc) is 3.33. The minimum Gasteiger partial charge on any atom is -0.478 e. The van der Waals surface area contributed by atoms with Gasteiger partial charge in [0.25, 0.3) is 0 Å². The molecule has 2 bridgehead atoms. The first-order chi connectivity index (χ1) is 17.7. The van der Waals surface area contributed by atoms with Crippen LogP contribution in [0, 0.1) is 17.8 Å². The van der Waals surface area contributed by atoms with E-state index < -0.39 is 5.97 Å². The summed E-state index contributed by atoms with van der Waals surface area (Å²) in [5, 5.41) is 15.8. The number of Topliss-reactive ketones (excluding diaryl/α,β-unsaturated/α-hetero) is 1. The molecule has 1 aliphatic carbocycles. The summed E-state index contributed by atoms with van der Waals surface area (Å²) < 4.78 is 0. The topological polar surface area (TPSA) is 139 Å². The van der Waals surface area contributed by atoms with Gasteiger partial charge in [0, 0.05) is 33.5 Å². The number of thiophene rings is 1. The van der Waals surface area contributed by atoms with Gasteiger partial charge in [-0.1, -0.05) is 13.3 Å². The van der Waals surface area contributed by atoms with E-state index in [1.54, 1.807) is 6.07 Å². The molecule has 37 heavy (non-hydrogen) atoms. The minimum atomic E-state index is -1.09. The van der Waals surface area contributed by atoms with Gasteiger partial charge in [-0.15, -0.1) is 11.3 Å². The molecule has 2 amide bonds. The lowest BCUT2D eigenvalue weighted by atomic mass is 9.81. The normalized spacial score (nSPS) is 24.1. The molecule has 2 atom stereocenters. The second-order valence-corrected chi connectivity index (χ2v) is 11.4. The number of carbonyl (C=O) groups excluding carboxylic acids is 3. The first-order valence-electron chi connectivity index (χ1n) is 13.0. The van der Waals surface area contributed by atoms with E-state index in [1.807, 2.05) is 13.0 Å². The zero-order valence-corrected chi connectivity index (χ0v) is 22.2. The first-order valence-corrected chi connectivity index (χ1v) is 13.8. The van der Waals surface area contributed by atoms with Crippen molar-refractivity contribution in [2.24, 2.45) is 23.5 Å². The number of ketones is 1. The lowest BCUT2D eigenvalue weighted by Crippen LogP contribution is -2.36. The molecule has 1 fully saturated rings. The van der Waals surface area contributed by atoms with E-state index in [-0.39, 0.29) is 41.0 Å². The molecule has 0 radical (unpaired) electrons. The molecule has 2 aromatic rings. The summed E-state index contributed by atoms with van der Waals surface area (Å²) in [7, 11) is 0. The van der Waals surface area contributed by atoms with Crippen molar-refractivity contribution in [1.29, 1.82) is 0 Å². The van der Waals surface area contributed by atoms with Crippen molar-refractivity contribution in [2.45, 2.75) is 64.8 Å². The molecule has 1 aromatic heterocycles. The Labute approximate surface area is 221 Å². The van der Waals surface area contributed by atoms with Crippen molar-refractivity contribution < 1.29 is 24.3 Å². The van der Waals surface area contributed by atoms with Gasteiger partial charge in [0.05, 0.1) is 16.5 Å². The third-order valence-corrected chi connectivity index (χ3v) is 9.02. The maximum atomic E-state index is 13.3. The standard InChI is InChI=1S/C28H35N3O5S/c1-15-4-3-5-23(31-27(34)18-8-6-17(14-29)7-9-18)24-13-21(25(37-24)16(2)32)20-12-19(28(35)36)10-11-22(20)30-26(15)33/h10-13,15,17-18,23H,3-9,14,29H2,1-2H3,(H,30,33)(H,31,34)(H,35,36)/t15-,17?,18?,23+/m1/s1. The van der Waals surface area contributed by atoms with E-state index in [1.165, 1.54) is 30.4 Å². The van der Waals surface area contributed by atoms with E-state index >= 15 is 0 Å². The molecule has 0 spiro atoms. The van der Waals surface area contributed by atoms with Crippen LogP contribution >= 0.6 is 11.3 Å². The van der Waals surface area contributed by atoms with E-state index in [9.17, 15) is 24.3 Å². The third kappa shape index (κ3) is 6.10. The van der Waals surface area contributed by atoms with Gasteiger partial charge in [0.15, 0.2) is 5.78 Å². The number of carbonyl (C=O) groups is 4. The number of carboxylic acid groups (broad SMARTS) is 1. The van der Waals surface area contributed by atoms with E-state index in [4.69, 9.17) is 5.73 Å². The summed E-state index contributed by atoms with van der Waals surface area (Å²) in [6.45, 7) is 3.99. The summed E-state index contributed by atoms with van der Waals surface area (Å²) in [5.74, 6) is -1.24.